The molecule has 21 heavy (non-hydrogen) atoms. The van der Waals surface area contributed by atoms with Gasteiger partial charge in [0.15, 0.2) is 11.6 Å². The minimum atomic E-state index is -1.08. The van der Waals surface area contributed by atoms with Crippen molar-refractivity contribution >= 4 is 17.3 Å². The number of rotatable bonds is 3. The Morgan fingerprint density at radius 3 is 1.90 bits per heavy atom. The maximum atomic E-state index is 13.5. The van der Waals surface area contributed by atoms with Crippen LogP contribution in [0.4, 0.5) is 28.9 Å². The molecule has 0 heterocycles. The number of hydrazine groups is 1. The van der Waals surface area contributed by atoms with Gasteiger partial charge in [0.25, 0.3) is 5.91 Å². The minimum absolute atomic E-state index is 0.181. The molecule has 0 aliphatic rings. The summed E-state index contributed by atoms with van der Waals surface area (Å²) >= 11 is 0. The van der Waals surface area contributed by atoms with Gasteiger partial charge >= 0.3 is 0 Å². The number of amides is 1. The summed E-state index contributed by atoms with van der Waals surface area (Å²) in [5, 5.41) is 2.13. The summed E-state index contributed by atoms with van der Waals surface area (Å²) in [7, 11) is 0. The van der Waals surface area contributed by atoms with Gasteiger partial charge < -0.3 is 10.7 Å². The van der Waals surface area contributed by atoms with Crippen LogP contribution in [0.3, 0.4) is 0 Å². The molecule has 2 aromatic rings. The van der Waals surface area contributed by atoms with Gasteiger partial charge in [0.2, 0.25) is 0 Å². The first kappa shape index (κ1) is 14.8. The van der Waals surface area contributed by atoms with E-state index in [2.05, 4.69) is 5.32 Å². The molecule has 110 valence electrons. The largest absolute Gasteiger partial charge is 0.322 e. The lowest BCUT2D eigenvalue weighted by Gasteiger charge is -2.08. The van der Waals surface area contributed by atoms with E-state index in [0.717, 1.165) is 24.3 Å². The van der Waals surface area contributed by atoms with Crippen molar-refractivity contribution in [3.8, 4) is 0 Å². The van der Waals surface area contributed by atoms with Gasteiger partial charge in [0.05, 0.1) is 0 Å². The van der Waals surface area contributed by atoms with Crippen molar-refractivity contribution < 1.29 is 22.4 Å². The van der Waals surface area contributed by atoms with E-state index in [9.17, 15) is 22.4 Å². The lowest BCUT2D eigenvalue weighted by Crippen LogP contribution is -2.15. The highest BCUT2D eigenvalue weighted by molar-refractivity contribution is 6.04. The number of nitrogen functional groups attached to an aromatic ring is 1. The molecule has 0 aromatic heterocycles. The van der Waals surface area contributed by atoms with Crippen LogP contribution < -0.4 is 16.6 Å². The number of carbonyl (C=O) groups is 1. The Morgan fingerprint density at radius 1 is 0.905 bits per heavy atom. The molecule has 0 atom stereocenters. The molecule has 8 heteroatoms. The third-order valence-electron chi connectivity index (χ3n) is 2.57. The highest BCUT2D eigenvalue weighted by Crippen LogP contribution is 2.21. The van der Waals surface area contributed by atoms with Gasteiger partial charge in [-0.2, -0.15) is 0 Å². The Labute approximate surface area is 116 Å². The van der Waals surface area contributed by atoms with E-state index in [1.165, 1.54) is 0 Å². The fourth-order valence-corrected chi connectivity index (χ4v) is 1.67. The van der Waals surface area contributed by atoms with Gasteiger partial charge in [-0.05, 0) is 24.3 Å². The molecular formula is C13H9F4N3O. The second kappa shape index (κ2) is 5.80. The average Bonchev–Trinajstić information content (AvgIpc) is 2.36. The molecule has 4 nitrogen and oxygen atoms in total. The molecular weight excluding hydrogens is 290 g/mol. The summed E-state index contributed by atoms with van der Waals surface area (Å²) < 4.78 is 52.9. The topological polar surface area (TPSA) is 67.1 Å². The van der Waals surface area contributed by atoms with Crippen LogP contribution >= 0.6 is 0 Å². The predicted octanol–water partition coefficient (Wildman–Crippen LogP) is 2.78. The number of halogens is 4. The lowest BCUT2D eigenvalue weighted by atomic mass is 10.1. The fourth-order valence-electron chi connectivity index (χ4n) is 1.67. The number of hydrogen-bond donors (Lipinski definition) is 3. The first-order chi connectivity index (χ1) is 9.90. The molecule has 0 saturated heterocycles. The van der Waals surface area contributed by atoms with E-state index in [-0.39, 0.29) is 11.3 Å². The van der Waals surface area contributed by atoms with Crippen LogP contribution in [0.5, 0.6) is 0 Å². The van der Waals surface area contributed by atoms with Crippen molar-refractivity contribution in [1.82, 2.24) is 0 Å². The highest BCUT2D eigenvalue weighted by atomic mass is 19.1. The quantitative estimate of drug-likeness (QED) is 0.464. The van der Waals surface area contributed by atoms with Crippen LogP contribution in [0.25, 0.3) is 0 Å². The highest BCUT2D eigenvalue weighted by Gasteiger charge is 2.15. The SMILES string of the molecule is NNc1c(F)cc(C(=O)Nc2cc(F)cc(F)c2)cc1F. The smallest absolute Gasteiger partial charge is 0.255 e. The van der Waals surface area contributed by atoms with Crippen molar-refractivity contribution in [2.24, 2.45) is 5.84 Å². The Kier molecular flexibility index (Phi) is 4.08. The van der Waals surface area contributed by atoms with Crippen LogP contribution in [-0.2, 0) is 0 Å². The fraction of sp³-hybridized carbons (Fsp3) is 0. The summed E-state index contributed by atoms with van der Waals surface area (Å²) in [4.78, 5) is 11.8. The standard InChI is InChI=1S/C13H9F4N3O/c14-7-3-8(15)5-9(4-7)19-13(21)6-1-10(16)12(20-18)11(17)2-6/h1-5,20H,18H2,(H,19,21). The molecule has 0 aliphatic carbocycles. The van der Waals surface area contributed by atoms with Crippen LogP contribution in [0.1, 0.15) is 10.4 Å². The van der Waals surface area contributed by atoms with Gasteiger partial charge in [-0.3, -0.25) is 10.6 Å². The molecule has 0 saturated carbocycles. The van der Waals surface area contributed by atoms with Gasteiger partial charge in [-0.25, -0.2) is 17.6 Å². The van der Waals surface area contributed by atoms with E-state index in [4.69, 9.17) is 5.84 Å². The van der Waals surface area contributed by atoms with Gasteiger partial charge in [-0.15, -0.1) is 0 Å². The summed E-state index contributed by atoms with van der Waals surface area (Å²) in [6, 6.07) is 3.83. The lowest BCUT2D eigenvalue weighted by molar-refractivity contribution is 0.102. The van der Waals surface area contributed by atoms with Crippen LogP contribution in [0, 0.1) is 23.3 Å². The van der Waals surface area contributed by atoms with Gasteiger partial charge in [0, 0.05) is 17.3 Å². The molecule has 4 N–H and O–H groups in total. The minimum Gasteiger partial charge on any atom is -0.322 e. The molecule has 1 amide bonds. The number of benzene rings is 2. The zero-order valence-corrected chi connectivity index (χ0v) is 10.4. The summed E-state index contributed by atoms with van der Waals surface area (Å²) in [6.07, 6.45) is 0. The molecule has 0 fully saturated rings. The molecule has 0 unspecified atom stereocenters. The molecule has 0 aliphatic heterocycles. The number of nitrogens with two attached hydrogens (primary N) is 1. The first-order valence-corrected chi connectivity index (χ1v) is 5.64. The second-order valence-electron chi connectivity index (χ2n) is 4.07. The van der Waals surface area contributed by atoms with E-state index in [0.29, 0.717) is 6.07 Å². The second-order valence-corrected chi connectivity index (χ2v) is 4.07. The van der Waals surface area contributed by atoms with Gasteiger partial charge in [0.1, 0.15) is 17.3 Å². The number of nitrogens with one attached hydrogen (secondary N) is 2. The van der Waals surface area contributed by atoms with Crippen molar-refractivity contribution in [1.29, 1.82) is 0 Å². The van der Waals surface area contributed by atoms with Crippen LogP contribution in [0.2, 0.25) is 0 Å². The third kappa shape index (κ3) is 3.29. The van der Waals surface area contributed by atoms with E-state index in [1.54, 1.807) is 0 Å². The van der Waals surface area contributed by atoms with Crippen LogP contribution in [0.15, 0.2) is 30.3 Å². The molecule has 0 radical (unpaired) electrons. The summed E-state index contributed by atoms with van der Waals surface area (Å²) in [6.45, 7) is 0. The van der Waals surface area contributed by atoms with Crippen molar-refractivity contribution in [3.63, 3.8) is 0 Å². The normalized spacial score (nSPS) is 10.3. The molecule has 0 spiro atoms. The van der Waals surface area contributed by atoms with E-state index in [1.807, 2.05) is 5.43 Å². The number of hydrogen-bond acceptors (Lipinski definition) is 3. The summed E-state index contributed by atoms with van der Waals surface area (Å²) in [5.41, 5.74) is 0.671. The number of anilines is 2. The Balaban J connectivity index is 2.28. The zero-order valence-electron chi connectivity index (χ0n) is 10.4. The Bertz CT molecular complexity index is 663. The van der Waals surface area contributed by atoms with Crippen molar-refractivity contribution in [3.05, 3.63) is 59.2 Å². The van der Waals surface area contributed by atoms with Gasteiger partial charge in [-0.1, -0.05) is 0 Å². The maximum absolute atomic E-state index is 13.5. The zero-order chi connectivity index (χ0) is 15.6. The molecule has 0 bridgehead atoms. The van der Waals surface area contributed by atoms with Crippen molar-refractivity contribution in [2.75, 3.05) is 10.7 Å². The molecule has 2 rings (SSSR count). The monoisotopic (exact) mass is 299 g/mol. The first-order valence-electron chi connectivity index (χ1n) is 5.64. The van der Waals surface area contributed by atoms with E-state index < -0.39 is 34.9 Å². The summed E-state index contributed by atoms with van der Waals surface area (Å²) in [5.74, 6) is 0.0440. The van der Waals surface area contributed by atoms with E-state index >= 15 is 0 Å². The third-order valence-corrected chi connectivity index (χ3v) is 2.57. The predicted molar refractivity (Wildman–Crippen MR) is 68.5 cm³/mol. The van der Waals surface area contributed by atoms with Crippen molar-refractivity contribution in [2.45, 2.75) is 0 Å². The van der Waals surface area contributed by atoms with Crippen LogP contribution in [-0.4, -0.2) is 5.91 Å². The Morgan fingerprint density at radius 2 is 1.43 bits per heavy atom. The molecule has 2 aromatic carbocycles. The average molecular weight is 299 g/mol. The maximum Gasteiger partial charge on any atom is 0.255 e. The number of carbonyl (C=O) groups excluding carboxylic acids is 1. The Hall–Kier alpha value is -2.61.